The van der Waals surface area contributed by atoms with E-state index in [4.69, 9.17) is 0 Å². The summed E-state index contributed by atoms with van der Waals surface area (Å²) >= 11 is 3.33. The second-order valence-corrected chi connectivity index (χ2v) is 5.94. The van der Waals surface area contributed by atoms with Gasteiger partial charge >= 0.3 is 0 Å². The van der Waals surface area contributed by atoms with Crippen molar-refractivity contribution in [2.75, 3.05) is 4.90 Å². The number of benzene rings is 1. The summed E-state index contributed by atoms with van der Waals surface area (Å²) in [5.74, 6) is -0.397. The first kappa shape index (κ1) is 13.9. The van der Waals surface area contributed by atoms with Crippen molar-refractivity contribution in [1.82, 2.24) is 4.98 Å². The number of aryl methyl sites for hydroxylation is 1. The third kappa shape index (κ3) is 2.49. The minimum Gasteiger partial charge on any atom is -0.274 e. The van der Waals surface area contributed by atoms with Crippen molar-refractivity contribution in [2.24, 2.45) is 0 Å². The largest absolute Gasteiger partial charge is 0.274 e. The van der Waals surface area contributed by atoms with Crippen LogP contribution in [0.25, 0.3) is 0 Å². The lowest BCUT2D eigenvalue weighted by Gasteiger charge is -2.16. The highest BCUT2D eigenvalue weighted by Crippen LogP contribution is 2.33. The van der Waals surface area contributed by atoms with E-state index in [1.807, 2.05) is 43.3 Å². The molecule has 3 rings (SSSR count). The molecule has 2 aromatic rings. The predicted molar refractivity (Wildman–Crippen MR) is 83.0 cm³/mol. The molecule has 1 aromatic heterocycles. The summed E-state index contributed by atoms with van der Waals surface area (Å²) in [4.78, 5) is 30.3. The van der Waals surface area contributed by atoms with Crippen LogP contribution in [0, 0.1) is 6.92 Å². The first-order valence-corrected chi connectivity index (χ1v) is 7.41. The minimum atomic E-state index is -0.413. The number of carbonyl (C=O) groups is 2. The number of hydrogen-bond acceptors (Lipinski definition) is 3. The molecule has 1 fully saturated rings. The highest BCUT2D eigenvalue weighted by Gasteiger charge is 2.41. The fraction of sp³-hybridized carbons (Fsp3) is 0.188. The number of halogens is 1. The Labute approximate surface area is 130 Å². The fourth-order valence-electron chi connectivity index (χ4n) is 2.57. The molecule has 21 heavy (non-hydrogen) atoms. The maximum Gasteiger partial charge on any atom is 0.243 e. The molecule has 1 aromatic carbocycles. The maximum atomic E-state index is 12.6. The number of amides is 2. The van der Waals surface area contributed by atoms with Crippen LogP contribution in [-0.2, 0) is 9.59 Å². The SMILES string of the molecule is Cc1cc(Br)cnc1N1C(=O)CC(c2ccccc2)C1=O. The van der Waals surface area contributed by atoms with E-state index in [0.29, 0.717) is 5.82 Å². The van der Waals surface area contributed by atoms with Gasteiger partial charge in [0, 0.05) is 17.1 Å². The Morgan fingerprint density at radius 3 is 2.62 bits per heavy atom. The third-order valence-electron chi connectivity index (χ3n) is 3.58. The maximum absolute atomic E-state index is 12.6. The molecule has 5 heteroatoms. The summed E-state index contributed by atoms with van der Waals surface area (Å²) in [6.45, 7) is 1.84. The Bertz CT molecular complexity index is 715. The van der Waals surface area contributed by atoms with Crippen LogP contribution >= 0.6 is 15.9 Å². The fourth-order valence-corrected chi connectivity index (χ4v) is 3.01. The van der Waals surface area contributed by atoms with Crippen LogP contribution in [0.2, 0.25) is 0 Å². The van der Waals surface area contributed by atoms with Crippen LogP contribution in [-0.4, -0.2) is 16.8 Å². The molecular formula is C16H13BrN2O2. The average Bonchev–Trinajstić information content (AvgIpc) is 2.76. The molecule has 1 saturated heterocycles. The van der Waals surface area contributed by atoms with Gasteiger partial charge in [-0.25, -0.2) is 9.88 Å². The molecule has 1 unspecified atom stereocenters. The number of rotatable bonds is 2. The van der Waals surface area contributed by atoms with E-state index in [-0.39, 0.29) is 18.2 Å². The number of pyridine rings is 1. The summed E-state index contributed by atoms with van der Waals surface area (Å²) in [5.41, 5.74) is 1.66. The van der Waals surface area contributed by atoms with Gasteiger partial charge < -0.3 is 0 Å². The summed E-state index contributed by atoms with van der Waals surface area (Å²) in [5, 5.41) is 0. The highest BCUT2D eigenvalue weighted by atomic mass is 79.9. The Kier molecular flexibility index (Phi) is 3.59. The van der Waals surface area contributed by atoms with Crippen molar-refractivity contribution >= 4 is 33.6 Å². The molecule has 2 amide bonds. The van der Waals surface area contributed by atoms with Crippen molar-refractivity contribution in [3.8, 4) is 0 Å². The van der Waals surface area contributed by atoms with Gasteiger partial charge in [-0.05, 0) is 40.0 Å². The van der Waals surface area contributed by atoms with Gasteiger partial charge in [0.05, 0.1) is 5.92 Å². The normalized spacial score (nSPS) is 18.4. The average molecular weight is 345 g/mol. The quantitative estimate of drug-likeness (QED) is 0.786. The third-order valence-corrected chi connectivity index (χ3v) is 4.01. The molecule has 0 N–H and O–H groups in total. The van der Waals surface area contributed by atoms with Crippen molar-refractivity contribution in [3.05, 3.63) is 58.2 Å². The lowest BCUT2D eigenvalue weighted by molar-refractivity contribution is -0.121. The Balaban J connectivity index is 1.98. The predicted octanol–water partition coefficient (Wildman–Crippen LogP) is 3.20. The minimum absolute atomic E-state index is 0.194. The number of carbonyl (C=O) groups excluding carboxylic acids is 2. The molecule has 0 spiro atoms. The molecule has 0 saturated carbocycles. The Hall–Kier alpha value is -2.01. The molecule has 0 aliphatic carbocycles. The lowest BCUT2D eigenvalue weighted by Crippen LogP contribution is -2.31. The molecule has 2 heterocycles. The summed E-state index contributed by atoms with van der Waals surface area (Å²) < 4.78 is 0.822. The van der Waals surface area contributed by atoms with E-state index < -0.39 is 5.92 Å². The number of aromatic nitrogens is 1. The number of imide groups is 1. The van der Waals surface area contributed by atoms with Gasteiger partial charge in [-0.2, -0.15) is 0 Å². The van der Waals surface area contributed by atoms with Crippen LogP contribution in [0.15, 0.2) is 47.1 Å². The molecule has 1 aliphatic heterocycles. The van der Waals surface area contributed by atoms with E-state index >= 15 is 0 Å². The van der Waals surface area contributed by atoms with Gasteiger partial charge in [0.15, 0.2) is 0 Å². The number of nitrogens with zero attached hydrogens (tertiary/aromatic N) is 2. The lowest BCUT2D eigenvalue weighted by atomic mass is 9.98. The second-order valence-electron chi connectivity index (χ2n) is 5.03. The Morgan fingerprint density at radius 1 is 1.24 bits per heavy atom. The van der Waals surface area contributed by atoms with E-state index in [1.165, 1.54) is 4.90 Å². The number of hydrogen-bond donors (Lipinski definition) is 0. The van der Waals surface area contributed by atoms with Crippen molar-refractivity contribution < 1.29 is 9.59 Å². The van der Waals surface area contributed by atoms with Crippen LogP contribution in [0.1, 0.15) is 23.5 Å². The second kappa shape index (κ2) is 5.41. The van der Waals surface area contributed by atoms with Crippen molar-refractivity contribution in [1.29, 1.82) is 0 Å². The van der Waals surface area contributed by atoms with Gasteiger partial charge in [-0.15, -0.1) is 0 Å². The number of anilines is 1. The van der Waals surface area contributed by atoms with E-state index in [9.17, 15) is 9.59 Å². The zero-order chi connectivity index (χ0) is 15.0. The van der Waals surface area contributed by atoms with Gasteiger partial charge in [0.2, 0.25) is 11.8 Å². The zero-order valence-electron chi connectivity index (χ0n) is 11.4. The molecule has 1 aliphatic rings. The zero-order valence-corrected chi connectivity index (χ0v) is 13.0. The molecule has 4 nitrogen and oxygen atoms in total. The summed E-state index contributed by atoms with van der Waals surface area (Å²) in [7, 11) is 0. The van der Waals surface area contributed by atoms with Gasteiger partial charge in [-0.1, -0.05) is 30.3 Å². The standard InChI is InChI=1S/C16H13BrN2O2/c1-10-7-12(17)9-18-15(10)19-14(20)8-13(16(19)21)11-5-3-2-4-6-11/h2-7,9,13H,8H2,1H3. The van der Waals surface area contributed by atoms with Crippen LogP contribution in [0.3, 0.4) is 0 Å². The molecule has 0 radical (unpaired) electrons. The van der Waals surface area contributed by atoms with Gasteiger partial charge in [0.25, 0.3) is 0 Å². The van der Waals surface area contributed by atoms with Gasteiger partial charge in [0.1, 0.15) is 5.82 Å². The van der Waals surface area contributed by atoms with Crippen LogP contribution in [0.4, 0.5) is 5.82 Å². The first-order valence-electron chi connectivity index (χ1n) is 6.62. The van der Waals surface area contributed by atoms with Crippen molar-refractivity contribution in [2.45, 2.75) is 19.3 Å². The smallest absolute Gasteiger partial charge is 0.243 e. The van der Waals surface area contributed by atoms with Crippen LogP contribution < -0.4 is 4.90 Å². The molecule has 1 atom stereocenters. The van der Waals surface area contributed by atoms with E-state index in [1.54, 1.807) is 6.20 Å². The monoisotopic (exact) mass is 344 g/mol. The van der Waals surface area contributed by atoms with Crippen LogP contribution in [0.5, 0.6) is 0 Å². The molecule has 106 valence electrons. The van der Waals surface area contributed by atoms with E-state index in [0.717, 1.165) is 15.6 Å². The topological polar surface area (TPSA) is 50.3 Å². The summed E-state index contributed by atoms with van der Waals surface area (Å²) in [6.07, 6.45) is 1.79. The van der Waals surface area contributed by atoms with Gasteiger partial charge in [-0.3, -0.25) is 9.59 Å². The molecule has 0 bridgehead atoms. The molecular weight excluding hydrogens is 332 g/mol. The Morgan fingerprint density at radius 2 is 1.95 bits per heavy atom. The highest BCUT2D eigenvalue weighted by molar-refractivity contribution is 9.10. The summed E-state index contributed by atoms with van der Waals surface area (Å²) in [6, 6.07) is 11.2. The van der Waals surface area contributed by atoms with E-state index in [2.05, 4.69) is 20.9 Å². The van der Waals surface area contributed by atoms with Crippen molar-refractivity contribution in [3.63, 3.8) is 0 Å². The first-order chi connectivity index (χ1) is 10.1.